The van der Waals surface area contributed by atoms with Crippen molar-refractivity contribution in [1.82, 2.24) is 9.62 Å². The smallest absolute Gasteiger partial charge is 0.253 e. The molecule has 7 heteroatoms. The molecule has 0 aromatic heterocycles. The van der Waals surface area contributed by atoms with Gasteiger partial charge in [0.2, 0.25) is 10.0 Å². The van der Waals surface area contributed by atoms with Crippen molar-refractivity contribution in [2.24, 2.45) is 0 Å². The summed E-state index contributed by atoms with van der Waals surface area (Å²) in [4.78, 5) is 15.5. The maximum absolute atomic E-state index is 13.2. The Morgan fingerprint density at radius 3 is 2.31 bits per heavy atom. The highest BCUT2D eigenvalue weighted by atomic mass is 32.2. The lowest BCUT2D eigenvalue weighted by molar-refractivity contribution is 0.0940. The van der Waals surface area contributed by atoms with Crippen molar-refractivity contribution in [2.45, 2.75) is 37.1 Å². The van der Waals surface area contributed by atoms with Gasteiger partial charge in [0.05, 0.1) is 16.5 Å². The van der Waals surface area contributed by atoms with Crippen molar-refractivity contribution in [3.63, 3.8) is 0 Å². The van der Waals surface area contributed by atoms with E-state index in [0.717, 1.165) is 41.5 Å². The third kappa shape index (κ3) is 4.79. The van der Waals surface area contributed by atoms with Gasteiger partial charge in [0.25, 0.3) is 5.91 Å². The highest BCUT2D eigenvalue weighted by Crippen LogP contribution is 2.28. The van der Waals surface area contributed by atoms with E-state index in [9.17, 15) is 13.2 Å². The predicted octanol–water partition coefficient (Wildman–Crippen LogP) is 3.42. The maximum Gasteiger partial charge on any atom is 0.253 e. The minimum atomic E-state index is -3.63. The molecule has 0 radical (unpaired) electrons. The zero-order valence-electron chi connectivity index (χ0n) is 17.3. The van der Waals surface area contributed by atoms with Crippen LogP contribution < -0.4 is 10.2 Å². The summed E-state index contributed by atoms with van der Waals surface area (Å²) in [7, 11) is -0.644. The molecular formula is C22H29N3O3S. The molecule has 1 aliphatic heterocycles. The summed E-state index contributed by atoms with van der Waals surface area (Å²) in [5.74, 6) is -0.266. The molecule has 1 N–H and O–H groups in total. The van der Waals surface area contributed by atoms with Crippen molar-refractivity contribution < 1.29 is 13.2 Å². The first-order chi connectivity index (χ1) is 13.8. The molecule has 1 unspecified atom stereocenters. The summed E-state index contributed by atoms with van der Waals surface area (Å²) in [5.41, 5.74) is 2.19. The number of rotatable bonds is 6. The summed E-state index contributed by atoms with van der Waals surface area (Å²) >= 11 is 0. The molecule has 0 aliphatic carbocycles. The molecule has 1 saturated heterocycles. The van der Waals surface area contributed by atoms with Gasteiger partial charge in [0, 0.05) is 32.9 Å². The fourth-order valence-electron chi connectivity index (χ4n) is 3.58. The second-order valence-electron chi connectivity index (χ2n) is 7.62. The molecule has 1 aliphatic rings. The highest BCUT2D eigenvalue weighted by molar-refractivity contribution is 7.89. The molecular weight excluding hydrogens is 386 g/mol. The van der Waals surface area contributed by atoms with Crippen molar-refractivity contribution in [1.29, 1.82) is 0 Å². The molecule has 0 saturated carbocycles. The number of nitrogens with one attached hydrogen (secondary N) is 1. The maximum atomic E-state index is 13.2. The molecule has 156 valence electrons. The number of hydrogen-bond acceptors (Lipinski definition) is 4. The van der Waals surface area contributed by atoms with Crippen molar-refractivity contribution in [2.75, 3.05) is 32.1 Å². The quantitative estimate of drug-likeness (QED) is 0.785. The lowest BCUT2D eigenvalue weighted by atomic mass is 10.0. The Labute approximate surface area is 173 Å². The Balaban J connectivity index is 1.97. The van der Waals surface area contributed by atoms with E-state index in [-0.39, 0.29) is 16.8 Å². The standard InChI is InChI=1S/C22H29N3O3S/c1-17(18-10-6-4-7-11-18)23-22(26)20-16-19(29(27,28)24(2)3)12-13-21(20)25-14-8-5-9-15-25/h4,6-7,10-13,16-17H,5,8-9,14-15H2,1-3H3,(H,23,26). The van der Waals surface area contributed by atoms with Crippen LogP contribution in [-0.4, -0.2) is 45.8 Å². The SMILES string of the molecule is CC(NC(=O)c1cc(S(=O)(=O)N(C)C)ccc1N1CCCCC1)c1ccccc1. The Hall–Kier alpha value is -2.38. The lowest BCUT2D eigenvalue weighted by Crippen LogP contribution is -2.34. The van der Waals surface area contributed by atoms with Gasteiger partial charge in [-0.1, -0.05) is 30.3 Å². The van der Waals surface area contributed by atoms with Crippen LogP contribution in [0.4, 0.5) is 5.69 Å². The third-order valence-corrected chi connectivity index (χ3v) is 7.15. The number of nitrogens with zero attached hydrogens (tertiary/aromatic N) is 2. The number of benzene rings is 2. The number of hydrogen-bond donors (Lipinski definition) is 1. The van der Waals surface area contributed by atoms with Crippen LogP contribution in [0.5, 0.6) is 0 Å². The molecule has 0 bridgehead atoms. The van der Waals surface area contributed by atoms with Gasteiger partial charge in [-0.15, -0.1) is 0 Å². The normalized spacial score (nSPS) is 15.9. The van der Waals surface area contributed by atoms with Crippen LogP contribution in [0.15, 0.2) is 53.4 Å². The molecule has 2 aromatic rings. The second kappa shape index (κ2) is 8.97. The van der Waals surface area contributed by atoms with E-state index in [1.165, 1.54) is 26.6 Å². The summed E-state index contributed by atoms with van der Waals surface area (Å²) in [6.07, 6.45) is 3.31. The highest BCUT2D eigenvalue weighted by Gasteiger charge is 2.24. The minimum Gasteiger partial charge on any atom is -0.371 e. The molecule has 6 nitrogen and oxygen atoms in total. The number of anilines is 1. The first-order valence-electron chi connectivity index (χ1n) is 9.98. The van der Waals surface area contributed by atoms with Gasteiger partial charge in [0.1, 0.15) is 0 Å². The fraction of sp³-hybridized carbons (Fsp3) is 0.409. The van der Waals surface area contributed by atoms with Gasteiger partial charge in [0.15, 0.2) is 0 Å². The zero-order chi connectivity index (χ0) is 21.0. The zero-order valence-corrected chi connectivity index (χ0v) is 18.1. The molecule has 1 heterocycles. The number of sulfonamides is 1. The number of carbonyl (C=O) groups excluding carboxylic acids is 1. The number of amides is 1. The van der Waals surface area contributed by atoms with E-state index in [0.29, 0.717) is 5.56 Å². The van der Waals surface area contributed by atoms with Crippen LogP contribution in [0.25, 0.3) is 0 Å². The molecule has 0 spiro atoms. The Morgan fingerprint density at radius 2 is 1.69 bits per heavy atom. The predicted molar refractivity (Wildman–Crippen MR) is 116 cm³/mol. The van der Waals surface area contributed by atoms with Crippen molar-refractivity contribution in [3.8, 4) is 0 Å². The first kappa shape index (κ1) is 21.3. The van der Waals surface area contributed by atoms with Gasteiger partial charge in [-0.25, -0.2) is 12.7 Å². The molecule has 1 amide bonds. The van der Waals surface area contributed by atoms with Crippen molar-refractivity contribution in [3.05, 3.63) is 59.7 Å². The van der Waals surface area contributed by atoms with Gasteiger partial charge in [-0.2, -0.15) is 0 Å². The average Bonchev–Trinajstić information content (AvgIpc) is 2.74. The van der Waals surface area contributed by atoms with Crippen LogP contribution in [0.2, 0.25) is 0 Å². The largest absolute Gasteiger partial charge is 0.371 e. The van der Waals surface area contributed by atoms with Crippen LogP contribution in [-0.2, 0) is 10.0 Å². The van der Waals surface area contributed by atoms with E-state index in [1.807, 2.05) is 37.3 Å². The fourth-order valence-corrected chi connectivity index (χ4v) is 4.51. The number of carbonyl (C=O) groups is 1. The molecule has 1 atom stereocenters. The van der Waals surface area contributed by atoms with Gasteiger partial charge < -0.3 is 10.2 Å². The molecule has 1 fully saturated rings. The van der Waals surface area contributed by atoms with E-state index >= 15 is 0 Å². The summed E-state index contributed by atoms with van der Waals surface area (Å²) in [6, 6.07) is 14.4. The number of piperidine rings is 1. The topological polar surface area (TPSA) is 69.7 Å². The first-order valence-corrected chi connectivity index (χ1v) is 11.4. The van der Waals surface area contributed by atoms with Gasteiger partial charge in [-0.05, 0) is 49.9 Å². The summed E-state index contributed by atoms with van der Waals surface area (Å²) in [5, 5.41) is 3.03. The Kier molecular flexibility index (Phi) is 6.59. The molecule has 2 aromatic carbocycles. The summed E-state index contributed by atoms with van der Waals surface area (Å²) in [6.45, 7) is 3.66. The Morgan fingerprint density at radius 1 is 1.03 bits per heavy atom. The lowest BCUT2D eigenvalue weighted by Gasteiger charge is -2.31. The van der Waals surface area contributed by atoms with E-state index in [2.05, 4.69) is 10.2 Å². The van der Waals surface area contributed by atoms with Crippen LogP contribution in [0, 0.1) is 0 Å². The second-order valence-corrected chi connectivity index (χ2v) is 9.77. The van der Waals surface area contributed by atoms with Crippen LogP contribution in [0.1, 0.15) is 48.1 Å². The summed E-state index contributed by atoms with van der Waals surface area (Å²) < 4.78 is 26.4. The monoisotopic (exact) mass is 415 g/mol. The average molecular weight is 416 g/mol. The van der Waals surface area contributed by atoms with Crippen LogP contribution in [0.3, 0.4) is 0 Å². The Bertz CT molecular complexity index is 953. The van der Waals surface area contributed by atoms with Crippen LogP contribution >= 0.6 is 0 Å². The van der Waals surface area contributed by atoms with Gasteiger partial charge >= 0.3 is 0 Å². The van der Waals surface area contributed by atoms with Gasteiger partial charge in [-0.3, -0.25) is 4.79 Å². The molecule has 29 heavy (non-hydrogen) atoms. The third-order valence-electron chi connectivity index (χ3n) is 5.34. The van der Waals surface area contributed by atoms with E-state index < -0.39 is 10.0 Å². The minimum absolute atomic E-state index is 0.126. The van der Waals surface area contributed by atoms with Crippen molar-refractivity contribution >= 4 is 21.6 Å². The van der Waals surface area contributed by atoms with E-state index in [1.54, 1.807) is 12.1 Å². The molecule has 3 rings (SSSR count). The van der Waals surface area contributed by atoms with E-state index in [4.69, 9.17) is 0 Å².